The Morgan fingerprint density at radius 3 is 2.75 bits per heavy atom. The number of aliphatic imine (C=N–C) groups is 1. The van der Waals surface area contributed by atoms with Crippen LogP contribution in [0.1, 0.15) is 31.9 Å². The van der Waals surface area contributed by atoms with Gasteiger partial charge in [-0.2, -0.15) is 0 Å². The number of fused-ring (bicyclic) bond motifs is 1. The van der Waals surface area contributed by atoms with Crippen molar-refractivity contribution in [2.45, 2.75) is 31.6 Å². The van der Waals surface area contributed by atoms with Crippen LogP contribution in [0.25, 0.3) is 0 Å². The maximum absolute atomic E-state index is 13.0. The average Bonchev–Trinajstić information content (AvgIpc) is 3.02. The van der Waals surface area contributed by atoms with E-state index in [1.54, 1.807) is 26.0 Å². The number of esters is 1. The number of ether oxygens (including phenoxy) is 3. The predicted molar refractivity (Wildman–Crippen MR) is 107 cm³/mol. The lowest BCUT2D eigenvalue weighted by molar-refractivity contribution is -0.141. The van der Waals surface area contributed by atoms with Gasteiger partial charge in [0.1, 0.15) is 12.4 Å². The lowest BCUT2D eigenvalue weighted by atomic mass is 9.94. The number of methoxy groups -OCH3 is 2. The molecule has 2 heterocycles. The Bertz CT molecular complexity index is 836. The third-order valence-electron chi connectivity index (χ3n) is 4.67. The minimum atomic E-state index is -0.603. The summed E-state index contributed by atoms with van der Waals surface area (Å²) in [4.78, 5) is 32.1. The molecule has 0 spiro atoms. The van der Waals surface area contributed by atoms with Crippen LogP contribution in [-0.2, 0) is 19.1 Å². The van der Waals surface area contributed by atoms with E-state index in [-0.39, 0.29) is 17.8 Å². The number of amides is 1. The fourth-order valence-electron chi connectivity index (χ4n) is 3.27. The van der Waals surface area contributed by atoms with Gasteiger partial charge >= 0.3 is 5.97 Å². The standard InChI is InChI=1S/C20H24N2O5S/c1-5-15-18(23)22-17(13-7-6-8-14(11-13)26-4)16(12(2)21-20(22)28-15)19(24)27-10-9-25-3/h6-8,11,15,17H,5,9-10H2,1-4H3/t15-,17-/m0/s1. The molecule has 1 fully saturated rings. The maximum atomic E-state index is 13.0. The van der Waals surface area contributed by atoms with Gasteiger partial charge in [-0.05, 0) is 31.0 Å². The normalized spacial score (nSPS) is 21.5. The first-order chi connectivity index (χ1) is 13.5. The summed E-state index contributed by atoms with van der Waals surface area (Å²) in [6.07, 6.45) is 0.691. The molecule has 0 unspecified atom stereocenters. The number of rotatable bonds is 7. The highest BCUT2D eigenvalue weighted by molar-refractivity contribution is 8.15. The van der Waals surface area contributed by atoms with Crippen LogP contribution in [0, 0.1) is 0 Å². The van der Waals surface area contributed by atoms with Crippen LogP contribution in [0.3, 0.4) is 0 Å². The third kappa shape index (κ3) is 3.79. The van der Waals surface area contributed by atoms with Crippen molar-refractivity contribution < 1.29 is 23.8 Å². The summed E-state index contributed by atoms with van der Waals surface area (Å²) in [5.74, 6) is 0.106. The average molecular weight is 404 g/mol. The summed E-state index contributed by atoms with van der Waals surface area (Å²) in [7, 11) is 3.12. The SMILES string of the molecule is CC[C@@H]1SC2=NC(C)=C(C(=O)OCCOC)[C@H](c3cccc(OC)c3)N2C1=O. The largest absolute Gasteiger partial charge is 0.497 e. The van der Waals surface area contributed by atoms with Crippen LogP contribution >= 0.6 is 11.8 Å². The Kier molecular flexibility index (Phi) is 6.41. The highest BCUT2D eigenvalue weighted by Crippen LogP contribution is 2.44. The second-order valence-electron chi connectivity index (χ2n) is 6.42. The van der Waals surface area contributed by atoms with E-state index in [9.17, 15) is 9.59 Å². The van der Waals surface area contributed by atoms with E-state index >= 15 is 0 Å². The molecule has 0 radical (unpaired) electrons. The number of hydrogen-bond donors (Lipinski definition) is 0. The highest BCUT2D eigenvalue weighted by Gasteiger charge is 2.47. The summed E-state index contributed by atoms with van der Waals surface area (Å²) in [5, 5.41) is 0.416. The van der Waals surface area contributed by atoms with Gasteiger partial charge in [0.25, 0.3) is 0 Å². The molecule has 0 aromatic heterocycles. The Hall–Kier alpha value is -2.32. The van der Waals surface area contributed by atoms with Gasteiger partial charge in [0.05, 0.1) is 36.3 Å². The van der Waals surface area contributed by atoms with Gasteiger partial charge in [0.15, 0.2) is 5.17 Å². The molecular formula is C20H24N2O5S. The Balaban J connectivity index is 2.06. The quantitative estimate of drug-likeness (QED) is 0.514. The van der Waals surface area contributed by atoms with Gasteiger partial charge in [-0.25, -0.2) is 9.79 Å². The van der Waals surface area contributed by atoms with E-state index in [0.29, 0.717) is 35.2 Å². The molecule has 0 bridgehead atoms. The number of thioether (sulfide) groups is 1. The number of benzene rings is 1. The van der Waals surface area contributed by atoms with Crippen LogP contribution in [0.15, 0.2) is 40.5 Å². The van der Waals surface area contributed by atoms with Crippen molar-refractivity contribution >= 4 is 28.8 Å². The lowest BCUT2D eigenvalue weighted by Gasteiger charge is -2.33. The second-order valence-corrected chi connectivity index (χ2v) is 7.59. The molecule has 2 atom stereocenters. The molecule has 0 saturated carbocycles. The van der Waals surface area contributed by atoms with E-state index in [4.69, 9.17) is 14.2 Å². The predicted octanol–water partition coefficient (Wildman–Crippen LogP) is 2.92. The van der Waals surface area contributed by atoms with Gasteiger partial charge in [-0.15, -0.1) is 0 Å². The van der Waals surface area contributed by atoms with E-state index < -0.39 is 12.0 Å². The first kappa shape index (κ1) is 20.4. The Morgan fingerprint density at radius 1 is 1.29 bits per heavy atom. The molecule has 150 valence electrons. The fourth-order valence-corrected chi connectivity index (χ4v) is 4.41. The smallest absolute Gasteiger partial charge is 0.338 e. The number of nitrogens with zero attached hydrogens (tertiary/aromatic N) is 2. The summed E-state index contributed by atoms with van der Waals surface area (Å²) in [5.41, 5.74) is 1.69. The number of amidine groups is 1. The van der Waals surface area contributed by atoms with Crippen molar-refractivity contribution in [3.8, 4) is 5.75 Å². The van der Waals surface area contributed by atoms with Gasteiger partial charge in [0, 0.05) is 7.11 Å². The zero-order valence-electron chi connectivity index (χ0n) is 16.4. The Labute approximate surface area is 168 Å². The van der Waals surface area contributed by atoms with Gasteiger partial charge < -0.3 is 14.2 Å². The molecule has 0 aliphatic carbocycles. The molecule has 8 heteroatoms. The molecule has 0 N–H and O–H groups in total. The van der Waals surface area contributed by atoms with Crippen LogP contribution in [0.5, 0.6) is 5.75 Å². The zero-order valence-corrected chi connectivity index (χ0v) is 17.2. The lowest BCUT2D eigenvalue weighted by Crippen LogP contribution is -2.40. The van der Waals surface area contributed by atoms with Gasteiger partial charge in [-0.3, -0.25) is 9.69 Å². The molecule has 1 amide bonds. The summed E-state index contributed by atoms with van der Waals surface area (Å²) in [6.45, 7) is 4.17. The minimum Gasteiger partial charge on any atom is -0.497 e. The van der Waals surface area contributed by atoms with Gasteiger partial charge in [0.2, 0.25) is 5.91 Å². The second kappa shape index (κ2) is 8.79. The molecule has 3 rings (SSSR count). The fraction of sp³-hybridized carbons (Fsp3) is 0.450. The van der Waals surface area contributed by atoms with E-state index in [1.165, 1.54) is 11.8 Å². The molecule has 7 nitrogen and oxygen atoms in total. The van der Waals surface area contributed by atoms with E-state index in [2.05, 4.69) is 4.99 Å². The van der Waals surface area contributed by atoms with E-state index in [1.807, 2.05) is 31.2 Å². The molecule has 1 aromatic rings. The van der Waals surface area contributed by atoms with Crippen LogP contribution in [0.4, 0.5) is 0 Å². The first-order valence-electron chi connectivity index (χ1n) is 9.11. The van der Waals surface area contributed by atoms with Crippen LogP contribution < -0.4 is 4.74 Å². The molecule has 2 aliphatic heterocycles. The summed E-state index contributed by atoms with van der Waals surface area (Å²) in [6, 6.07) is 6.77. The van der Waals surface area contributed by atoms with Crippen molar-refractivity contribution in [3.63, 3.8) is 0 Å². The molecule has 28 heavy (non-hydrogen) atoms. The Morgan fingerprint density at radius 2 is 2.07 bits per heavy atom. The van der Waals surface area contributed by atoms with Crippen molar-refractivity contribution in [2.75, 3.05) is 27.4 Å². The highest BCUT2D eigenvalue weighted by atomic mass is 32.2. The molecule has 2 aliphatic rings. The van der Waals surface area contributed by atoms with E-state index in [0.717, 1.165) is 5.56 Å². The topological polar surface area (TPSA) is 77.4 Å². The zero-order chi connectivity index (χ0) is 20.3. The minimum absolute atomic E-state index is 0.0474. The molecule has 1 aromatic carbocycles. The number of carbonyl (C=O) groups excluding carboxylic acids is 2. The monoisotopic (exact) mass is 404 g/mol. The van der Waals surface area contributed by atoms with Crippen molar-refractivity contribution in [1.82, 2.24) is 4.90 Å². The number of carbonyl (C=O) groups is 2. The number of hydrogen-bond acceptors (Lipinski definition) is 7. The summed E-state index contributed by atoms with van der Waals surface area (Å²) >= 11 is 1.44. The van der Waals surface area contributed by atoms with Crippen molar-refractivity contribution in [2.24, 2.45) is 4.99 Å². The van der Waals surface area contributed by atoms with Crippen LogP contribution in [0.2, 0.25) is 0 Å². The molecular weight excluding hydrogens is 380 g/mol. The third-order valence-corrected chi connectivity index (χ3v) is 5.99. The maximum Gasteiger partial charge on any atom is 0.338 e. The van der Waals surface area contributed by atoms with Crippen LogP contribution in [-0.4, -0.2) is 54.6 Å². The van der Waals surface area contributed by atoms with Gasteiger partial charge in [-0.1, -0.05) is 30.8 Å². The number of allylic oxidation sites excluding steroid dienone is 1. The van der Waals surface area contributed by atoms with Crippen molar-refractivity contribution in [1.29, 1.82) is 0 Å². The first-order valence-corrected chi connectivity index (χ1v) is 9.99. The molecule has 1 saturated heterocycles. The van der Waals surface area contributed by atoms with Crippen molar-refractivity contribution in [3.05, 3.63) is 41.1 Å². The summed E-state index contributed by atoms with van der Waals surface area (Å²) < 4.78 is 15.7.